The fraction of sp³-hybridized carbons (Fsp3) is 0.375. The Morgan fingerprint density at radius 3 is 1.23 bits per heavy atom. The molecule has 0 heterocycles. The lowest BCUT2D eigenvalue weighted by molar-refractivity contribution is -0.182. The minimum atomic E-state index is -3.22. The highest BCUT2D eigenvalue weighted by atomic mass is 28.4. The predicted molar refractivity (Wildman–Crippen MR) is 156 cm³/mol. The highest BCUT2D eigenvalue weighted by Crippen LogP contribution is 2.24. The van der Waals surface area contributed by atoms with Crippen LogP contribution in [0.1, 0.15) is 48.5 Å². The van der Waals surface area contributed by atoms with E-state index in [4.69, 9.17) is 13.9 Å². The first-order valence-electron chi connectivity index (χ1n) is 13.2. The molecule has 0 radical (unpaired) electrons. The Morgan fingerprint density at radius 1 is 0.641 bits per heavy atom. The van der Waals surface area contributed by atoms with Gasteiger partial charge in [0, 0.05) is 0 Å². The first-order chi connectivity index (χ1) is 18.2. The van der Waals surface area contributed by atoms with E-state index in [2.05, 4.69) is 0 Å². The third-order valence-electron chi connectivity index (χ3n) is 6.05. The third kappa shape index (κ3) is 7.65. The highest BCUT2D eigenvalue weighted by Gasteiger charge is 2.48. The SMILES string of the molecule is C[C@H](O[Si](c1ccccc1)(c1ccccc1)c1ccccc1)[C@H](O)C(C(=O)OC(C)(C)C)C(=O)OC(C)(C)C. The Kier molecular flexibility index (Phi) is 9.54. The van der Waals surface area contributed by atoms with Crippen LogP contribution in [-0.2, 0) is 23.5 Å². The number of benzene rings is 3. The maximum atomic E-state index is 13.3. The second-order valence-electron chi connectivity index (χ2n) is 11.6. The molecule has 208 valence electrons. The van der Waals surface area contributed by atoms with E-state index in [1.165, 1.54) is 0 Å². The summed E-state index contributed by atoms with van der Waals surface area (Å²) < 4.78 is 18.1. The van der Waals surface area contributed by atoms with Crippen LogP contribution >= 0.6 is 0 Å². The molecule has 3 rings (SSSR count). The summed E-state index contributed by atoms with van der Waals surface area (Å²) in [4.78, 5) is 26.6. The summed E-state index contributed by atoms with van der Waals surface area (Å²) >= 11 is 0. The maximum Gasteiger partial charge on any atom is 0.323 e. The van der Waals surface area contributed by atoms with Gasteiger partial charge in [-0.1, -0.05) is 91.0 Å². The standard InChI is InChI=1S/C32H40O6Si/c1-23(28(33)27(29(34)36-31(2,3)4)30(35)37-32(5,6)7)38-39(24-17-11-8-12-18-24,25-19-13-9-14-20-25)26-21-15-10-16-22-26/h8-23,27-28,33H,1-7H3/t23-,28-/m0/s1. The van der Waals surface area contributed by atoms with Crippen molar-refractivity contribution in [1.29, 1.82) is 0 Å². The van der Waals surface area contributed by atoms with E-state index in [9.17, 15) is 14.7 Å². The molecular weight excluding hydrogens is 508 g/mol. The van der Waals surface area contributed by atoms with Crippen molar-refractivity contribution >= 4 is 35.8 Å². The van der Waals surface area contributed by atoms with Gasteiger partial charge in [0.05, 0.1) is 6.10 Å². The average molecular weight is 549 g/mol. The Bertz CT molecular complexity index is 1090. The van der Waals surface area contributed by atoms with Crippen LogP contribution in [0, 0.1) is 5.92 Å². The zero-order chi connectivity index (χ0) is 28.8. The molecule has 0 aromatic heterocycles. The Labute approximate surface area is 233 Å². The highest BCUT2D eigenvalue weighted by molar-refractivity contribution is 7.07. The molecule has 0 bridgehead atoms. The van der Waals surface area contributed by atoms with Crippen molar-refractivity contribution in [3.8, 4) is 0 Å². The molecule has 0 aliphatic carbocycles. The molecule has 39 heavy (non-hydrogen) atoms. The van der Waals surface area contributed by atoms with Gasteiger partial charge < -0.3 is 19.0 Å². The molecule has 0 unspecified atom stereocenters. The number of carbonyl (C=O) groups excluding carboxylic acids is 2. The van der Waals surface area contributed by atoms with Crippen molar-refractivity contribution in [2.24, 2.45) is 5.92 Å². The molecule has 2 atom stereocenters. The molecule has 3 aromatic carbocycles. The van der Waals surface area contributed by atoms with Crippen molar-refractivity contribution in [2.75, 3.05) is 0 Å². The average Bonchev–Trinajstić information content (AvgIpc) is 2.86. The Hall–Kier alpha value is -3.26. The topological polar surface area (TPSA) is 82.1 Å². The van der Waals surface area contributed by atoms with E-state index < -0.39 is 49.6 Å². The number of rotatable bonds is 9. The molecule has 0 aliphatic rings. The van der Waals surface area contributed by atoms with E-state index in [1.807, 2.05) is 91.0 Å². The van der Waals surface area contributed by atoms with Crippen LogP contribution in [0.4, 0.5) is 0 Å². The van der Waals surface area contributed by atoms with Gasteiger partial charge in [-0.3, -0.25) is 9.59 Å². The second-order valence-corrected chi connectivity index (χ2v) is 15.0. The first-order valence-corrected chi connectivity index (χ1v) is 15.1. The molecule has 0 saturated carbocycles. The van der Waals surface area contributed by atoms with Crippen LogP contribution in [0.2, 0.25) is 0 Å². The van der Waals surface area contributed by atoms with Crippen molar-refractivity contribution in [3.63, 3.8) is 0 Å². The molecular formula is C32H40O6Si. The molecule has 0 aliphatic heterocycles. The molecule has 0 amide bonds. The van der Waals surface area contributed by atoms with Gasteiger partial charge in [0.2, 0.25) is 0 Å². The second kappa shape index (κ2) is 12.3. The summed E-state index contributed by atoms with van der Waals surface area (Å²) in [5.41, 5.74) is -1.73. The smallest absolute Gasteiger partial charge is 0.323 e. The van der Waals surface area contributed by atoms with Gasteiger partial charge in [0.15, 0.2) is 5.92 Å². The maximum absolute atomic E-state index is 13.3. The fourth-order valence-corrected chi connectivity index (χ4v) is 8.54. The van der Waals surface area contributed by atoms with Crippen molar-refractivity contribution in [2.45, 2.75) is 71.9 Å². The van der Waals surface area contributed by atoms with E-state index in [1.54, 1.807) is 48.5 Å². The Morgan fingerprint density at radius 2 is 0.949 bits per heavy atom. The molecule has 0 saturated heterocycles. The minimum absolute atomic E-state index is 0.855. The monoisotopic (exact) mass is 548 g/mol. The van der Waals surface area contributed by atoms with Crippen molar-refractivity contribution in [1.82, 2.24) is 0 Å². The normalized spacial score (nSPS) is 14.0. The van der Waals surface area contributed by atoms with Gasteiger partial charge >= 0.3 is 11.9 Å². The van der Waals surface area contributed by atoms with Crippen LogP contribution in [0.3, 0.4) is 0 Å². The summed E-state index contributed by atoms with van der Waals surface area (Å²) in [6, 6.07) is 29.7. The number of ether oxygens (including phenoxy) is 2. The van der Waals surface area contributed by atoms with Crippen molar-refractivity contribution in [3.05, 3.63) is 91.0 Å². The van der Waals surface area contributed by atoms with Crippen LogP contribution in [0.25, 0.3) is 0 Å². The van der Waals surface area contributed by atoms with Crippen LogP contribution < -0.4 is 15.6 Å². The fourth-order valence-electron chi connectivity index (χ4n) is 4.45. The van der Waals surface area contributed by atoms with E-state index in [-0.39, 0.29) is 0 Å². The van der Waals surface area contributed by atoms with Crippen LogP contribution in [-0.4, -0.2) is 48.8 Å². The predicted octanol–water partition coefficient (Wildman–Crippen LogP) is 3.72. The van der Waals surface area contributed by atoms with Crippen molar-refractivity contribution < 1.29 is 28.6 Å². The largest absolute Gasteiger partial charge is 0.459 e. The van der Waals surface area contributed by atoms with Gasteiger partial charge in [-0.25, -0.2) is 0 Å². The first kappa shape index (κ1) is 30.3. The van der Waals surface area contributed by atoms with Gasteiger partial charge in [-0.2, -0.15) is 0 Å². The number of aliphatic hydroxyl groups excluding tert-OH is 1. The number of hydrogen-bond donors (Lipinski definition) is 1. The van der Waals surface area contributed by atoms with Crippen LogP contribution in [0.5, 0.6) is 0 Å². The van der Waals surface area contributed by atoms with Gasteiger partial charge in [0.25, 0.3) is 8.32 Å². The number of aliphatic hydroxyl groups is 1. The summed E-state index contributed by atoms with van der Waals surface area (Å²) in [7, 11) is -3.22. The Balaban J connectivity index is 2.13. The lowest BCUT2D eigenvalue weighted by atomic mass is 9.98. The summed E-state index contributed by atoms with van der Waals surface area (Å²) in [6.07, 6.45) is -2.47. The molecule has 0 spiro atoms. The summed E-state index contributed by atoms with van der Waals surface area (Å²) in [5.74, 6) is -3.30. The summed E-state index contributed by atoms with van der Waals surface area (Å²) in [6.45, 7) is 11.9. The third-order valence-corrected chi connectivity index (χ3v) is 10.2. The van der Waals surface area contributed by atoms with Gasteiger partial charge in [0.1, 0.15) is 17.3 Å². The van der Waals surface area contributed by atoms with Gasteiger partial charge in [-0.15, -0.1) is 0 Å². The minimum Gasteiger partial charge on any atom is -0.459 e. The van der Waals surface area contributed by atoms with Crippen LogP contribution in [0.15, 0.2) is 91.0 Å². The molecule has 6 nitrogen and oxygen atoms in total. The molecule has 3 aromatic rings. The van der Waals surface area contributed by atoms with Gasteiger partial charge in [-0.05, 0) is 64.0 Å². The molecule has 7 heteroatoms. The van der Waals surface area contributed by atoms with E-state index >= 15 is 0 Å². The lowest BCUT2D eigenvalue weighted by Crippen LogP contribution is -2.71. The van der Waals surface area contributed by atoms with E-state index in [0.717, 1.165) is 15.6 Å². The zero-order valence-electron chi connectivity index (χ0n) is 23.9. The number of carbonyl (C=O) groups is 2. The molecule has 1 N–H and O–H groups in total. The zero-order valence-corrected chi connectivity index (χ0v) is 24.9. The summed E-state index contributed by atoms with van der Waals surface area (Å²) in [5, 5.41) is 14.5. The molecule has 0 fully saturated rings. The number of hydrogen-bond acceptors (Lipinski definition) is 6. The number of esters is 2. The quantitative estimate of drug-likeness (QED) is 0.190. The van der Waals surface area contributed by atoms with E-state index in [0.29, 0.717) is 0 Å². The lowest BCUT2D eigenvalue weighted by Gasteiger charge is -2.38.